The first kappa shape index (κ1) is 15.4. The van der Waals surface area contributed by atoms with Gasteiger partial charge in [0.2, 0.25) is 5.91 Å². The summed E-state index contributed by atoms with van der Waals surface area (Å²) in [4.78, 5) is 25.3. The molecule has 1 saturated heterocycles. The molecule has 0 spiro atoms. The second-order valence-corrected chi connectivity index (χ2v) is 6.12. The molecular weight excluding hydrogens is 268 g/mol. The van der Waals surface area contributed by atoms with Crippen LogP contribution in [0.15, 0.2) is 24.3 Å². The number of likely N-dealkylation sites (tertiary alicyclic amines) is 1. The molecule has 1 unspecified atom stereocenters. The molecule has 1 heterocycles. The van der Waals surface area contributed by atoms with Gasteiger partial charge in [-0.2, -0.15) is 0 Å². The molecule has 2 amide bonds. The molecule has 5 nitrogen and oxygen atoms in total. The summed E-state index contributed by atoms with van der Waals surface area (Å²) in [6.07, 6.45) is 0.671. The molecule has 0 radical (unpaired) electrons. The molecule has 1 fully saturated rings. The lowest BCUT2D eigenvalue weighted by Gasteiger charge is -2.33. The van der Waals surface area contributed by atoms with Gasteiger partial charge >= 0.3 is 6.09 Å². The van der Waals surface area contributed by atoms with Crippen molar-refractivity contribution >= 4 is 12.0 Å². The maximum atomic E-state index is 12.7. The Morgan fingerprint density at radius 1 is 1.29 bits per heavy atom. The number of amides is 2. The Bertz CT molecular complexity index is 537. The minimum Gasteiger partial charge on any atom is -0.465 e. The smallest absolute Gasteiger partial charge is 0.405 e. The van der Waals surface area contributed by atoms with Gasteiger partial charge in [-0.25, -0.2) is 4.79 Å². The third-order valence-electron chi connectivity index (χ3n) is 3.93. The van der Waals surface area contributed by atoms with Gasteiger partial charge in [0.15, 0.2) is 0 Å². The van der Waals surface area contributed by atoms with E-state index in [1.165, 1.54) is 5.56 Å². The molecule has 1 atom stereocenters. The Morgan fingerprint density at radius 3 is 2.48 bits per heavy atom. The molecule has 1 aliphatic heterocycles. The second kappa shape index (κ2) is 5.76. The van der Waals surface area contributed by atoms with Gasteiger partial charge in [-0.3, -0.25) is 4.79 Å². The molecule has 1 aliphatic rings. The van der Waals surface area contributed by atoms with Crippen molar-refractivity contribution in [1.29, 1.82) is 0 Å². The molecule has 2 rings (SSSR count). The number of hydrogen-bond donors (Lipinski definition) is 2. The van der Waals surface area contributed by atoms with Crippen LogP contribution in [0.25, 0.3) is 0 Å². The second-order valence-electron chi connectivity index (χ2n) is 6.12. The van der Waals surface area contributed by atoms with Gasteiger partial charge in [0.25, 0.3) is 0 Å². The zero-order chi connectivity index (χ0) is 15.6. The average Bonchev–Trinajstić information content (AvgIpc) is 2.86. The topological polar surface area (TPSA) is 69.6 Å². The number of hydrogen-bond acceptors (Lipinski definition) is 2. The van der Waals surface area contributed by atoms with E-state index in [1.54, 1.807) is 18.7 Å². The summed E-state index contributed by atoms with van der Waals surface area (Å²) in [6.45, 7) is 5.91. The number of carboxylic acid groups (broad SMARTS) is 1. The molecule has 0 aromatic heterocycles. The minimum absolute atomic E-state index is 0.0352. The first-order chi connectivity index (χ1) is 9.81. The van der Waals surface area contributed by atoms with Crippen LogP contribution in [0.5, 0.6) is 0 Å². The molecular formula is C16H22N2O3. The fourth-order valence-electron chi connectivity index (χ4n) is 2.82. The third kappa shape index (κ3) is 3.35. The van der Waals surface area contributed by atoms with Gasteiger partial charge in [-0.1, -0.05) is 29.8 Å². The van der Waals surface area contributed by atoms with Crippen molar-refractivity contribution in [1.82, 2.24) is 10.2 Å². The van der Waals surface area contributed by atoms with Crippen LogP contribution in [0.1, 0.15) is 43.9 Å². The van der Waals surface area contributed by atoms with Gasteiger partial charge in [0.05, 0.1) is 6.04 Å². The van der Waals surface area contributed by atoms with E-state index in [-0.39, 0.29) is 11.9 Å². The number of nitrogens with zero attached hydrogens (tertiary/aromatic N) is 1. The lowest BCUT2D eigenvalue weighted by atomic mass is 9.99. The predicted octanol–water partition coefficient (Wildman–Crippen LogP) is 2.70. The van der Waals surface area contributed by atoms with Gasteiger partial charge < -0.3 is 15.3 Å². The van der Waals surface area contributed by atoms with E-state index in [0.717, 1.165) is 18.4 Å². The van der Waals surface area contributed by atoms with Crippen molar-refractivity contribution < 1.29 is 14.7 Å². The molecule has 114 valence electrons. The van der Waals surface area contributed by atoms with Crippen LogP contribution in [0.4, 0.5) is 4.79 Å². The zero-order valence-electron chi connectivity index (χ0n) is 12.7. The largest absolute Gasteiger partial charge is 0.465 e. The van der Waals surface area contributed by atoms with Crippen LogP contribution >= 0.6 is 0 Å². The summed E-state index contributed by atoms with van der Waals surface area (Å²) < 4.78 is 0. The monoisotopic (exact) mass is 290 g/mol. The standard InChI is InChI=1S/C16H22N2O3/c1-11-6-8-12(9-7-11)13-5-4-10-18(13)14(19)16(2,3)17-15(20)21/h6-9,13,17H,4-5,10H2,1-3H3,(H,20,21). The summed E-state index contributed by atoms with van der Waals surface area (Å²) in [7, 11) is 0. The number of aryl methyl sites for hydroxylation is 1. The molecule has 0 bridgehead atoms. The van der Waals surface area contributed by atoms with Crippen LogP contribution in [0, 0.1) is 6.92 Å². The van der Waals surface area contributed by atoms with Crippen LogP contribution in [-0.4, -0.2) is 34.1 Å². The number of nitrogens with one attached hydrogen (secondary N) is 1. The van der Waals surface area contributed by atoms with Gasteiger partial charge in [-0.05, 0) is 39.2 Å². The van der Waals surface area contributed by atoms with E-state index in [1.807, 2.05) is 31.2 Å². The lowest BCUT2D eigenvalue weighted by molar-refractivity contribution is -0.137. The van der Waals surface area contributed by atoms with Crippen LogP contribution in [-0.2, 0) is 4.79 Å². The Balaban J connectivity index is 2.20. The first-order valence-electron chi connectivity index (χ1n) is 7.20. The molecule has 1 aromatic rings. The molecule has 0 aliphatic carbocycles. The van der Waals surface area contributed by atoms with Gasteiger partial charge in [-0.15, -0.1) is 0 Å². The summed E-state index contributed by atoms with van der Waals surface area (Å²) in [5.41, 5.74) is 1.18. The molecule has 5 heteroatoms. The molecule has 21 heavy (non-hydrogen) atoms. The Morgan fingerprint density at radius 2 is 1.90 bits per heavy atom. The predicted molar refractivity (Wildman–Crippen MR) is 80.1 cm³/mol. The van der Waals surface area contributed by atoms with Crippen LogP contribution in [0.2, 0.25) is 0 Å². The van der Waals surface area contributed by atoms with Crippen LogP contribution < -0.4 is 5.32 Å². The summed E-state index contributed by atoms with van der Waals surface area (Å²) in [6, 6.07) is 8.20. The zero-order valence-corrected chi connectivity index (χ0v) is 12.7. The quantitative estimate of drug-likeness (QED) is 0.899. The SMILES string of the molecule is Cc1ccc(C2CCCN2C(=O)C(C)(C)NC(=O)O)cc1. The summed E-state index contributed by atoms with van der Waals surface area (Å²) in [5, 5.41) is 11.2. The van der Waals surface area contributed by atoms with Crippen molar-refractivity contribution in [2.24, 2.45) is 0 Å². The molecule has 1 aromatic carbocycles. The molecule has 2 N–H and O–H groups in total. The number of rotatable bonds is 3. The van der Waals surface area contributed by atoms with E-state index in [2.05, 4.69) is 5.32 Å². The number of carbonyl (C=O) groups is 2. The highest BCUT2D eigenvalue weighted by Crippen LogP contribution is 2.33. The van der Waals surface area contributed by atoms with Crippen molar-refractivity contribution in [3.8, 4) is 0 Å². The summed E-state index contributed by atoms with van der Waals surface area (Å²) >= 11 is 0. The van der Waals surface area contributed by atoms with Crippen molar-refractivity contribution in [2.45, 2.75) is 45.2 Å². The lowest BCUT2D eigenvalue weighted by Crippen LogP contribution is -2.55. The first-order valence-corrected chi connectivity index (χ1v) is 7.20. The fraction of sp³-hybridized carbons (Fsp3) is 0.500. The van der Waals surface area contributed by atoms with E-state index in [0.29, 0.717) is 6.54 Å². The third-order valence-corrected chi connectivity index (χ3v) is 3.93. The Labute approximate surface area is 125 Å². The number of benzene rings is 1. The highest BCUT2D eigenvalue weighted by molar-refractivity contribution is 5.89. The maximum Gasteiger partial charge on any atom is 0.405 e. The number of carbonyl (C=O) groups excluding carboxylic acids is 1. The highest BCUT2D eigenvalue weighted by atomic mass is 16.4. The Kier molecular flexibility index (Phi) is 4.21. The van der Waals surface area contributed by atoms with Gasteiger partial charge in [0, 0.05) is 6.54 Å². The van der Waals surface area contributed by atoms with E-state index >= 15 is 0 Å². The molecule has 0 saturated carbocycles. The van der Waals surface area contributed by atoms with E-state index in [9.17, 15) is 9.59 Å². The van der Waals surface area contributed by atoms with E-state index < -0.39 is 11.6 Å². The maximum absolute atomic E-state index is 12.7. The summed E-state index contributed by atoms with van der Waals surface area (Å²) in [5.74, 6) is -0.173. The Hall–Kier alpha value is -2.04. The average molecular weight is 290 g/mol. The van der Waals surface area contributed by atoms with Crippen molar-refractivity contribution in [3.63, 3.8) is 0 Å². The normalized spacial score (nSPS) is 18.6. The fourth-order valence-corrected chi connectivity index (χ4v) is 2.82. The van der Waals surface area contributed by atoms with Crippen molar-refractivity contribution in [3.05, 3.63) is 35.4 Å². The van der Waals surface area contributed by atoms with Crippen LogP contribution in [0.3, 0.4) is 0 Å². The van der Waals surface area contributed by atoms with Gasteiger partial charge in [0.1, 0.15) is 5.54 Å². The highest BCUT2D eigenvalue weighted by Gasteiger charge is 2.39. The van der Waals surface area contributed by atoms with Crippen molar-refractivity contribution in [2.75, 3.05) is 6.54 Å². The minimum atomic E-state index is -1.18. The van der Waals surface area contributed by atoms with E-state index in [4.69, 9.17) is 5.11 Å².